The quantitative estimate of drug-likeness (QED) is 0.413. The molecule has 0 spiro atoms. The molecular formula is C3H6O4. The van der Waals surface area contributed by atoms with Gasteiger partial charge in [-0.2, -0.15) is 0 Å². The zero-order valence-corrected chi connectivity index (χ0v) is 3.75. The molecule has 0 saturated carbocycles. The Bertz CT molecular complexity index is 26.5. The van der Waals surface area contributed by atoms with E-state index in [4.69, 9.17) is 0 Å². The summed E-state index contributed by atoms with van der Waals surface area (Å²) >= 11 is 0. The highest BCUT2D eigenvalue weighted by Gasteiger charge is 1.97. The Morgan fingerprint density at radius 3 is 2.00 bits per heavy atom. The molecule has 1 rings (SSSR count). The van der Waals surface area contributed by atoms with Crippen molar-refractivity contribution in [2.24, 2.45) is 0 Å². The second kappa shape index (κ2) is 2.92. The normalized spacial score (nSPS) is 24.0. The predicted molar refractivity (Wildman–Crippen MR) is 18.7 cm³/mol. The van der Waals surface area contributed by atoms with Crippen LogP contribution in [0.1, 0.15) is 6.42 Å². The summed E-state index contributed by atoms with van der Waals surface area (Å²) in [6.45, 7) is 1.06. The Morgan fingerprint density at radius 1 is 0.857 bits per heavy atom. The first kappa shape index (κ1) is 4.99. The molecule has 0 amide bonds. The average molecular weight is 106 g/mol. The van der Waals surface area contributed by atoms with Crippen LogP contribution in [0.4, 0.5) is 0 Å². The zero-order chi connectivity index (χ0) is 4.95. The van der Waals surface area contributed by atoms with Crippen molar-refractivity contribution < 1.29 is 19.9 Å². The van der Waals surface area contributed by atoms with Gasteiger partial charge in [0, 0.05) is 6.42 Å². The molecule has 0 unspecified atom stereocenters. The molecule has 1 fully saturated rings. The monoisotopic (exact) mass is 106 g/mol. The number of hydrogen-bond acceptors (Lipinski definition) is 4. The number of hydrogen-bond donors (Lipinski definition) is 0. The van der Waals surface area contributed by atoms with Gasteiger partial charge in [-0.15, -0.1) is 0 Å². The molecule has 1 aliphatic rings. The third kappa shape index (κ3) is 1.84. The van der Waals surface area contributed by atoms with Crippen LogP contribution in [-0.4, -0.2) is 13.2 Å². The second-order valence-electron chi connectivity index (χ2n) is 1.13. The molecule has 4 heteroatoms. The summed E-state index contributed by atoms with van der Waals surface area (Å²) < 4.78 is 0. The maximum Gasteiger partial charge on any atom is 0.0878 e. The first-order valence-corrected chi connectivity index (χ1v) is 2.08. The van der Waals surface area contributed by atoms with Crippen LogP contribution < -0.4 is 0 Å². The fourth-order valence-corrected chi connectivity index (χ4v) is 0.284. The summed E-state index contributed by atoms with van der Waals surface area (Å²) in [4.78, 5) is 8.69. The van der Waals surface area contributed by atoms with E-state index in [2.05, 4.69) is 19.9 Å². The Balaban J connectivity index is 2.04. The maximum atomic E-state index is 4.35. The topological polar surface area (TPSA) is 36.9 Å². The third-order valence-corrected chi connectivity index (χ3v) is 0.579. The van der Waals surface area contributed by atoms with Crippen molar-refractivity contribution in [3.8, 4) is 0 Å². The molecular weight excluding hydrogens is 100 g/mol. The van der Waals surface area contributed by atoms with Gasteiger partial charge in [0.15, 0.2) is 0 Å². The van der Waals surface area contributed by atoms with Crippen LogP contribution in [0.2, 0.25) is 0 Å². The zero-order valence-electron chi connectivity index (χ0n) is 3.75. The van der Waals surface area contributed by atoms with E-state index in [0.717, 1.165) is 6.42 Å². The fraction of sp³-hybridized carbons (Fsp3) is 1.00. The minimum atomic E-state index is 0.528. The maximum absolute atomic E-state index is 4.35. The van der Waals surface area contributed by atoms with Crippen LogP contribution in [0.25, 0.3) is 0 Å². The van der Waals surface area contributed by atoms with Crippen LogP contribution in [-0.2, 0) is 19.9 Å². The van der Waals surface area contributed by atoms with Gasteiger partial charge in [0.1, 0.15) is 0 Å². The highest BCUT2D eigenvalue weighted by molar-refractivity contribution is 4.26. The van der Waals surface area contributed by atoms with E-state index in [1.54, 1.807) is 0 Å². The smallest absolute Gasteiger partial charge is 0.0878 e. The van der Waals surface area contributed by atoms with E-state index in [1.165, 1.54) is 0 Å². The lowest BCUT2D eigenvalue weighted by atomic mass is 10.5. The van der Waals surface area contributed by atoms with Crippen LogP contribution in [0.3, 0.4) is 0 Å². The van der Waals surface area contributed by atoms with Crippen LogP contribution in [0.15, 0.2) is 0 Å². The van der Waals surface area contributed by atoms with Crippen molar-refractivity contribution in [2.75, 3.05) is 13.2 Å². The standard InChI is InChI=1S/C3H6O4/c1-2-4-6-7-5-3-1/h1-3H2. The molecule has 0 N–H and O–H groups in total. The molecule has 1 heterocycles. The Morgan fingerprint density at radius 2 is 1.43 bits per heavy atom. The summed E-state index contributed by atoms with van der Waals surface area (Å²) in [7, 11) is 0. The summed E-state index contributed by atoms with van der Waals surface area (Å²) in [6.07, 6.45) is 0.806. The average Bonchev–Trinajstić information content (AvgIpc) is 1.90. The van der Waals surface area contributed by atoms with E-state index in [9.17, 15) is 0 Å². The van der Waals surface area contributed by atoms with E-state index in [0.29, 0.717) is 13.2 Å². The van der Waals surface area contributed by atoms with Crippen molar-refractivity contribution in [3.05, 3.63) is 0 Å². The molecule has 0 aromatic carbocycles. The Hall–Kier alpha value is -0.160. The fourth-order valence-electron chi connectivity index (χ4n) is 0.284. The molecule has 7 heavy (non-hydrogen) atoms. The van der Waals surface area contributed by atoms with Crippen molar-refractivity contribution in [3.63, 3.8) is 0 Å². The van der Waals surface area contributed by atoms with Gasteiger partial charge in [-0.25, -0.2) is 9.78 Å². The van der Waals surface area contributed by atoms with E-state index >= 15 is 0 Å². The Labute approximate surface area is 40.7 Å². The minimum Gasteiger partial charge on any atom is -0.204 e. The molecule has 1 saturated heterocycles. The van der Waals surface area contributed by atoms with Gasteiger partial charge < -0.3 is 0 Å². The summed E-state index contributed by atoms with van der Waals surface area (Å²) in [5.74, 6) is 0. The predicted octanol–water partition coefficient (Wildman–Crippen LogP) is 0.202. The summed E-state index contributed by atoms with van der Waals surface area (Å²) in [6, 6.07) is 0. The second-order valence-corrected chi connectivity index (χ2v) is 1.13. The number of rotatable bonds is 0. The van der Waals surface area contributed by atoms with Gasteiger partial charge in [0.25, 0.3) is 0 Å². The molecule has 0 bridgehead atoms. The summed E-state index contributed by atoms with van der Waals surface area (Å²) in [5, 5.41) is 7.94. The molecule has 0 aliphatic carbocycles. The van der Waals surface area contributed by atoms with Gasteiger partial charge in [-0.1, -0.05) is 0 Å². The molecule has 0 aromatic heterocycles. The lowest BCUT2D eigenvalue weighted by molar-refractivity contribution is -0.622. The van der Waals surface area contributed by atoms with Gasteiger partial charge in [0.2, 0.25) is 0 Å². The highest BCUT2D eigenvalue weighted by atomic mass is 17.7. The molecule has 42 valence electrons. The lowest BCUT2D eigenvalue weighted by Gasteiger charge is -1.89. The first-order chi connectivity index (χ1) is 3.50. The van der Waals surface area contributed by atoms with Crippen molar-refractivity contribution >= 4 is 0 Å². The molecule has 0 atom stereocenters. The SMILES string of the molecule is C1COOOOC1. The van der Waals surface area contributed by atoms with E-state index < -0.39 is 0 Å². The van der Waals surface area contributed by atoms with Gasteiger partial charge >= 0.3 is 0 Å². The van der Waals surface area contributed by atoms with E-state index in [-0.39, 0.29) is 0 Å². The lowest BCUT2D eigenvalue weighted by Crippen LogP contribution is -1.89. The highest BCUT2D eigenvalue weighted by Crippen LogP contribution is 1.93. The van der Waals surface area contributed by atoms with Crippen molar-refractivity contribution in [2.45, 2.75) is 6.42 Å². The third-order valence-electron chi connectivity index (χ3n) is 0.579. The van der Waals surface area contributed by atoms with Gasteiger partial charge in [-0.05, 0) is 10.1 Å². The molecule has 0 radical (unpaired) electrons. The van der Waals surface area contributed by atoms with Crippen molar-refractivity contribution in [1.82, 2.24) is 0 Å². The summed E-state index contributed by atoms with van der Waals surface area (Å²) in [5.41, 5.74) is 0. The largest absolute Gasteiger partial charge is 0.204 e. The minimum absolute atomic E-state index is 0.528. The van der Waals surface area contributed by atoms with Gasteiger partial charge in [0.05, 0.1) is 13.2 Å². The Kier molecular flexibility index (Phi) is 2.08. The molecule has 1 aliphatic heterocycles. The van der Waals surface area contributed by atoms with Crippen LogP contribution in [0.5, 0.6) is 0 Å². The molecule has 0 aromatic rings. The van der Waals surface area contributed by atoms with Crippen LogP contribution >= 0.6 is 0 Å². The molecule has 4 nitrogen and oxygen atoms in total. The first-order valence-electron chi connectivity index (χ1n) is 2.08. The van der Waals surface area contributed by atoms with Crippen LogP contribution in [0, 0.1) is 0 Å². The van der Waals surface area contributed by atoms with Gasteiger partial charge in [-0.3, -0.25) is 0 Å². The van der Waals surface area contributed by atoms with E-state index in [1.807, 2.05) is 0 Å². The van der Waals surface area contributed by atoms with Crippen molar-refractivity contribution in [1.29, 1.82) is 0 Å².